The first-order valence-corrected chi connectivity index (χ1v) is 10.8. The smallest absolute Gasteiger partial charge is 0.224 e. The number of benzene rings is 1. The van der Waals surface area contributed by atoms with E-state index in [2.05, 4.69) is 0 Å². The summed E-state index contributed by atoms with van der Waals surface area (Å²) in [5.41, 5.74) is 0. The number of hydrogen-bond donors (Lipinski definition) is 0. The maximum absolute atomic E-state index is 12.8. The zero-order valence-corrected chi connectivity index (χ0v) is 14.7. The third kappa shape index (κ3) is 3.88. The van der Waals surface area contributed by atoms with Gasteiger partial charge in [0.05, 0.1) is 9.79 Å². The van der Waals surface area contributed by atoms with Crippen LogP contribution in [-0.2, 0) is 19.9 Å². The van der Waals surface area contributed by atoms with Crippen molar-refractivity contribution in [2.24, 2.45) is 0 Å². The summed E-state index contributed by atoms with van der Waals surface area (Å²) in [6.07, 6.45) is 7.17. The first-order valence-electron chi connectivity index (χ1n) is 7.51. The molecule has 1 aliphatic carbocycles. The van der Waals surface area contributed by atoms with Crippen molar-refractivity contribution in [2.75, 3.05) is 13.3 Å². The summed E-state index contributed by atoms with van der Waals surface area (Å²) in [5.74, 6) is 0. The van der Waals surface area contributed by atoms with E-state index in [1.54, 1.807) is 7.05 Å². The minimum atomic E-state index is -3.67. The molecule has 1 saturated carbocycles. The number of hydrogen-bond acceptors (Lipinski definition) is 4. The van der Waals surface area contributed by atoms with Crippen molar-refractivity contribution in [2.45, 2.75) is 54.4 Å². The van der Waals surface area contributed by atoms with E-state index in [-0.39, 0.29) is 15.8 Å². The summed E-state index contributed by atoms with van der Waals surface area (Å²) in [7, 11) is -5.50. The fourth-order valence-corrected chi connectivity index (χ4v) is 5.05. The number of rotatable bonds is 4. The van der Waals surface area contributed by atoms with Crippen LogP contribution in [0.3, 0.4) is 0 Å². The van der Waals surface area contributed by atoms with Gasteiger partial charge in [-0.25, -0.2) is 16.8 Å². The third-order valence-corrected chi connectivity index (χ3v) is 7.27. The van der Waals surface area contributed by atoms with Gasteiger partial charge < -0.3 is 0 Å². The van der Waals surface area contributed by atoms with Crippen molar-refractivity contribution in [3.8, 4) is 0 Å². The van der Waals surface area contributed by atoms with E-state index < -0.39 is 19.9 Å². The topological polar surface area (TPSA) is 71.5 Å². The molecular weight excluding hydrogens is 322 g/mol. The van der Waals surface area contributed by atoms with Crippen LogP contribution in [0.1, 0.15) is 38.5 Å². The van der Waals surface area contributed by atoms with Gasteiger partial charge in [-0.05, 0) is 31.0 Å². The summed E-state index contributed by atoms with van der Waals surface area (Å²) in [6.45, 7) is 0. The second kappa shape index (κ2) is 6.68. The predicted molar refractivity (Wildman–Crippen MR) is 86.0 cm³/mol. The van der Waals surface area contributed by atoms with Crippen molar-refractivity contribution >= 4 is 19.9 Å². The van der Waals surface area contributed by atoms with Crippen molar-refractivity contribution in [1.29, 1.82) is 0 Å². The molecule has 1 aromatic rings. The summed E-state index contributed by atoms with van der Waals surface area (Å²) >= 11 is 0. The van der Waals surface area contributed by atoms with Gasteiger partial charge in [-0.3, -0.25) is 0 Å². The Hall–Kier alpha value is -0.920. The lowest BCUT2D eigenvalue weighted by atomic mass is 10.1. The molecule has 5 nitrogen and oxygen atoms in total. The van der Waals surface area contributed by atoms with Gasteiger partial charge in [0.25, 0.3) is 0 Å². The molecule has 22 heavy (non-hydrogen) atoms. The lowest BCUT2D eigenvalue weighted by molar-refractivity contribution is 0.335. The Bertz CT molecular complexity index is 718. The lowest BCUT2D eigenvalue weighted by Gasteiger charge is -2.26. The molecule has 0 atom stereocenters. The van der Waals surface area contributed by atoms with Crippen molar-refractivity contribution < 1.29 is 16.8 Å². The largest absolute Gasteiger partial charge is 0.243 e. The lowest BCUT2D eigenvalue weighted by Crippen LogP contribution is -2.36. The molecule has 1 fully saturated rings. The Balaban J connectivity index is 2.33. The minimum absolute atomic E-state index is 0.00519. The molecule has 2 rings (SSSR count). The van der Waals surface area contributed by atoms with Gasteiger partial charge >= 0.3 is 0 Å². The highest BCUT2D eigenvalue weighted by Gasteiger charge is 2.29. The molecule has 1 aromatic carbocycles. The van der Waals surface area contributed by atoms with Crippen molar-refractivity contribution in [1.82, 2.24) is 4.31 Å². The zero-order chi connectivity index (χ0) is 16.4. The highest BCUT2D eigenvalue weighted by atomic mass is 32.2. The van der Waals surface area contributed by atoms with Gasteiger partial charge in [0.15, 0.2) is 9.84 Å². The van der Waals surface area contributed by atoms with Crippen LogP contribution >= 0.6 is 0 Å². The molecule has 0 spiro atoms. The van der Waals surface area contributed by atoms with Gasteiger partial charge in [-0.1, -0.05) is 31.7 Å². The first kappa shape index (κ1) is 17.4. The number of sulfonamides is 1. The summed E-state index contributed by atoms with van der Waals surface area (Å²) < 4.78 is 50.2. The molecular formula is C15H23NO4S2. The Labute approximate surface area is 133 Å². The van der Waals surface area contributed by atoms with Crippen LogP contribution in [0.15, 0.2) is 34.1 Å². The Morgan fingerprint density at radius 3 is 2.05 bits per heavy atom. The summed E-state index contributed by atoms with van der Waals surface area (Å²) in [5, 5.41) is 0. The van der Waals surface area contributed by atoms with E-state index in [1.165, 1.54) is 28.6 Å². The average Bonchev–Trinajstić information content (AvgIpc) is 2.74. The third-order valence-electron chi connectivity index (χ3n) is 4.25. The normalized spacial score (nSPS) is 18.3. The number of sulfone groups is 1. The van der Waals surface area contributed by atoms with E-state index in [1.807, 2.05) is 0 Å². The molecule has 124 valence electrons. The van der Waals surface area contributed by atoms with Gasteiger partial charge in [0, 0.05) is 19.3 Å². The van der Waals surface area contributed by atoms with Crippen LogP contribution in [-0.4, -0.2) is 40.5 Å². The SMILES string of the molecule is CN(C1CCCCCC1)S(=O)(=O)c1cccc(S(C)(=O)=O)c1. The molecule has 0 aliphatic heterocycles. The predicted octanol–water partition coefficient (Wildman–Crippen LogP) is 2.43. The summed E-state index contributed by atoms with van der Waals surface area (Å²) in [6, 6.07) is 5.59. The van der Waals surface area contributed by atoms with Crippen molar-refractivity contribution in [3.05, 3.63) is 24.3 Å². The second-order valence-corrected chi connectivity index (χ2v) is 9.93. The van der Waals surface area contributed by atoms with Crippen molar-refractivity contribution in [3.63, 3.8) is 0 Å². The van der Waals surface area contributed by atoms with E-state index in [0.29, 0.717) is 0 Å². The molecule has 0 aromatic heterocycles. The fourth-order valence-electron chi connectivity index (χ4n) is 2.85. The van der Waals surface area contributed by atoms with Crippen LogP contribution in [0.2, 0.25) is 0 Å². The minimum Gasteiger partial charge on any atom is -0.224 e. The van der Waals surface area contributed by atoms with Gasteiger partial charge in [-0.2, -0.15) is 4.31 Å². The van der Waals surface area contributed by atoms with E-state index in [4.69, 9.17) is 0 Å². The van der Waals surface area contributed by atoms with E-state index in [0.717, 1.165) is 44.8 Å². The summed E-state index contributed by atoms with van der Waals surface area (Å²) in [4.78, 5) is 0.0741. The average molecular weight is 345 g/mol. The van der Waals surface area contributed by atoms with Gasteiger partial charge in [0.2, 0.25) is 10.0 Å². The van der Waals surface area contributed by atoms with E-state index >= 15 is 0 Å². The maximum Gasteiger partial charge on any atom is 0.243 e. The van der Waals surface area contributed by atoms with Gasteiger partial charge in [-0.15, -0.1) is 0 Å². The quantitative estimate of drug-likeness (QED) is 0.786. The molecule has 0 saturated heterocycles. The molecule has 7 heteroatoms. The van der Waals surface area contributed by atoms with Crippen LogP contribution in [0.5, 0.6) is 0 Å². The molecule has 0 N–H and O–H groups in total. The standard InChI is InChI=1S/C15H23NO4S2/c1-16(13-8-5-3-4-6-9-13)22(19,20)15-11-7-10-14(12-15)21(2,17)18/h7,10-13H,3-6,8-9H2,1-2H3. The first-order chi connectivity index (χ1) is 10.2. The highest BCUT2D eigenvalue weighted by molar-refractivity contribution is 7.91. The molecule has 0 heterocycles. The molecule has 0 amide bonds. The second-order valence-electron chi connectivity index (χ2n) is 5.91. The fraction of sp³-hybridized carbons (Fsp3) is 0.600. The molecule has 0 radical (unpaired) electrons. The highest BCUT2D eigenvalue weighted by Crippen LogP contribution is 2.26. The Kier molecular flexibility index (Phi) is 5.29. The molecule has 0 bridgehead atoms. The van der Waals surface area contributed by atoms with Crippen LogP contribution in [0.4, 0.5) is 0 Å². The zero-order valence-electron chi connectivity index (χ0n) is 13.0. The maximum atomic E-state index is 12.8. The van der Waals surface area contributed by atoms with Crippen LogP contribution < -0.4 is 0 Å². The monoisotopic (exact) mass is 345 g/mol. The molecule has 0 unspecified atom stereocenters. The Morgan fingerprint density at radius 2 is 1.50 bits per heavy atom. The van der Waals surface area contributed by atoms with Gasteiger partial charge in [0.1, 0.15) is 0 Å². The number of nitrogens with zero attached hydrogens (tertiary/aromatic N) is 1. The van der Waals surface area contributed by atoms with E-state index in [9.17, 15) is 16.8 Å². The van der Waals surface area contributed by atoms with Crippen LogP contribution in [0, 0.1) is 0 Å². The van der Waals surface area contributed by atoms with Crippen LogP contribution in [0.25, 0.3) is 0 Å². The Morgan fingerprint density at radius 1 is 0.955 bits per heavy atom. The molecule has 1 aliphatic rings.